The van der Waals surface area contributed by atoms with E-state index in [2.05, 4.69) is 10.1 Å². The molecule has 134 valence electrons. The van der Waals surface area contributed by atoms with Crippen LogP contribution in [-0.2, 0) is 7.05 Å². The fourth-order valence-corrected chi connectivity index (χ4v) is 4.20. The minimum Gasteiger partial charge on any atom is -0.337 e. The van der Waals surface area contributed by atoms with Gasteiger partial charge >= 0.3 is 0 Å². The highest BCUT2D eigenvalue weighted by Crippen LogP contribution is 2.30. The Morgan fingerprint density at radius 1 is 1.23 bits per heavy atom. The third-order valence-electron chi connectivity index (χ3n) is 4.82. The second-order valence-corrected chi connectivity index (χ2v) is 7.41. The van der Waals surface area contributed by atoms with Crippen LogP contribution in [0.3, 0.4) is 0 Å². The highest BCUT2D eigenvalue weighted by atomic mass is 32.1. The molecule has 1 amide bonds. The molecule has 0 atom stereocenters. The first-order chi connectivity index (χ1) is 12.6. The van der Waals surface area contributed by atoms with Gasteiger partial charge < -0.3 is 4.90 Å². The molecule has 1 aliphatic rings. The lowest BCUT2D eigenvalue weighted by Crippen LogP contribution is -2.38. The molecule has 2 aromatic heterocycles. The maximum Gasteiger partial charge on any atom is 0.274 e. The summed E-state index contributed by atoms with van der Waals surface area (Å²) < 4.78 is 14.8. The number of carbonyl (C=O) groups excluding carboxylic acids is 1. The third kappa shape index (κ3) is 3.26. The number of benzene rings is 1. The van der Waals surface area contributed by atoms with Crippen LogP contribution in [0.5, 0.6) is 0 Å². The molecule has 1 aromatic carbocycles. The number of nitrogens with zero attached hydrogens (tertiary/aromatic N) is 4. The molecule has 0 spiro atoms. The summed E-state index contributed by atoms with van der Waals surface area (Å²) in [5.74, 6) is 0.111. The number of thiazole rings is 1. The number of rotatable bonds is 3. The van der Waals surface area contributed by atoms with Crippen molar-refractivity contribution in [2.24, 2.45) is 7.05 Å². The van der Waals surface area contributed by atoms with E-state index in [0.717, 1.165) is 29.1 Å². The lowest BCUT2D eigenvalue weighted by atomic mass is 9.97. The molecule has 0 N–H and O–H groups in total. The topological polar surface area (TPSA) is 51.0 Å². The van der Waals surface area contributed by atoms with Crippen LogP contribution in [0.4, 0.5) is 4.39 Å². The van der Waals surface area contributed by atoms with E-state index in [4.69, 9.17) is 0 Å². The molecule has 4 rings (SSSR count). The van der Waals surface area contributed by atoms with Crippen LogP contribution in [0, 0.1) is 5.82 Å². The first-order valence-corrected chi connectivity index (χ1v) is 9.48. The van der Waals surface area contributed by atoms with Crippen molar-refractivity contribution in [2.75, 3.05) is 13.1 Å². The Bertz CT molecular complexity index is 896. The molecule has 0 saturated carbocycles. The molecule has 0 unspecified atom stereocenters. The lowest BCUT2D eigenvalue weighted by molar-refractivity contribution is 0.0706. The zero-order valence-corrected chi connectivity index (χ0v) is 15.2. The Hall–Kier alpha value is -2.54. The summed E-state index contributed by atoms with van der Waals surface area (Å²) in [5.41, 5.74) is 2.06. The van der Waals surface area contributed by atoms with Crippen molar-refractivity contribution in [3.8, 4) is 11.3 Å². The number of amides is 1. The Balaban J connectivity index is 1.47. The molecule has 1 fully saturated rings. The first-order valence-electron chi connectivity index (χ1n) is 8.60. The molecule has 3 aromatic rings. The van der Waals surface area contributed by atoms with Gasteiger partial charge in [-0.2, -0.15) is 5.10 Å². The molecule has 0 bridgehead atoms. The number of piperidine rings is 1. The molecular weight excluding hydrogens is 351 g/mol. The fourth-order valence-electron chi connectivity index (χ4n) is 3.39. The average molecular weight is 370 g/mol. The van der Waals surface area contributed by atoms with E-state index >= 15 is 0 Å². The summed E-state index contributed by atoms with van der Waals surface area (Å²) in [6, 6.07) is 7.99. The van der Waals surface area contributed by atoms with Crippen LogP contribution in [0.25, 0.3) is 11.3 Å². The van der Waals surface area contributed by atoms with Crippen molar-refractivity contribution in [3.63, 3.8) is 0 Å². The first kappa shape index (κ1) is 16.9. The number of carbonyl (C=O) groups is 1. The number of likely N-dealkylation sites (tertiary alicyclic amines) is 1. The molecule has 0 radical (unpaired) electrons. The van der Waals surface area contributed by atoms with Crippen molar-refractivity contribution in [2.45, 2.75) is 18.8 Å². The zero-order chi connectivity index (χ0) is 18.1. The van der Waals surface area contributed by atoms with Gasteiger partial charge in [0.2, 0.25) is 0 Å². The number of hydrogen-bond acceptors (Lipinski definition) is 4. The van der Waals surface area contributed by atoms with Crippen LogP contribution in [0.2, 0.25) is 0 Å². The van der Waals surface area contributed by atoms with E-state index in [-0.39, 0.29) is 11.7 Å². The highest BCUT2D eigenvalue weighted by molar-refractivity contribution is 7.09. The normalized spacial score (nSPS) is 15.4. The van der Waals surface area contributed by atoms with Gasteiger partial charge in [0.1, 0.15) is 5.82 Å². The lowest BCUT2D eigenvalue weighted by Gasteiger charge is -2.30. The minimum atomic E-state index is -0.282. The summed E-state index contributed by atoms with van der Waals surface area (Å²) in [6.07, 6.45) is 3.69. The SMILES string of the molecule is Cn1nc(C(=O)N2CCC(c3nccs3)CC2)cc1-c1ccc(F)cc1. The monoisotopic (exact) mass is 370 g/mol. The van der Waals surface area contributed by atoms with E-state index in [1.165, 1.54) is 12.1 Å². The molecular formula is C19H19FN4OS. The van der Waals surface area contributed by atoms with Crippen LogP contribution >= 0.6 is 11.3 Å². The van der Waals surface area contributed by atoms with E-state index in [1.54, 1.807) is 41.3 Å². The van der Waals surface area contributed by atoms with Gasteiger partial charge in [-0.1, -0.05) is 0 Å². The molecule has 3 heterocycles. The van der Waals surface area contributed by atoms with Gasteiger partial charge in [0, 0.05) is 37.6 Å². The Labute approximate surface area is 155 Å². The maximum atomic E-state index is 13.1. The number of aromatic nitrogens is 3. The predicted octanol–water partition coefficient (Wildman–Crippen LogP) is 3.70. The Morgan fingerprint density at radius 3 is 2.62 bits per heavy atom. The van der Waals surface area contributed by atoms with Crippen LogP contribution in [-0.4, -0.2) is 38.7 Å². The standard InChI is InChI=1S/C19H19FN4OS/c1-23-17(13-2-4-15(20)5-3-13)12-16(22-23)19(25)24-9-6-14(7-10-24)18-21-8-11-26-18/h2-5,8,11-12,14H,6-7,9-10H2,1H3. The second-order valence-electron chi connectivity index (χ2n) is 6.48. The van der Waals surface area contributed by atoms with Gasteiger partial charge in [-0.15, -0.1) is 11.3 Å². The predicted molar refractivity (Wildman–Crippen MR) is 98.6 cm³/mol. The van der Waals surface area contributed by atoms with Crippen molar-refractivity contribution >= 4 is 17.2 Å². The van der Waals surface area contributed by atoms with Crippen molar-refractivity contribution in [1.82, 2.24) is 19.7 Å². The van der Waals surface area contributed by atoms with Gasteiger partial charge in [-0.3, -0.25) is 9.48 Å². The molecule has 5 nitrogen and oxygen atoms in total. The van der Waals surface area contributed by atoms with E-state index in [9.17, 15) is 9.18 Å². The van der Waals surface area contributed by atoms with E-state index < -0.39 is 0 Å². The minimum absolute atomic E-state index is 0.0495. The van der Waals surface area contributed by atoms with Crippen LogP contribution < -0.4 is 0 Å². The van der Waals surface area contributed by atoms with Gasteiger partial charge in [0.05, 0.1) is 10.7 Å². The Kier molecular flexibility index (Phi) is 4.55. The zero-order valence-electron chi connectivity index (χ0n) is 14.4. The van der Waals surface area contributed by atoms with Crippen molar-refractivity contribution in [1.29, 1.82) is 0 Å². The second kappa shape index (κ2) is 6.99. The van der Waals surface area contributed by atoms with Crippen LogP contribution in [0.1, 0.15) is 34.3 Å². The van der Waals surface area contributed by atoms with Gasteiger partial charge in [0.25, 0.3) is 5.91 Å². The maximum absolute atomic E-state index is 13.1. The number of hydrogen-bond donors (Lipinski definition) is 0. The smallest absolute Gasteiger partial charge is 0.274 e. The molecule has 7 heteroatoms. The highest BCUT2D eigenvalue weighted by Gasteiger charge is 2.27. The van der Waals surface area contributed by atoms with Gasteiger partial charge in [-0.05, 0) is 48.7 Å². The van der Waals surface area contributed by atoms with E-state index in [1.807, 2.05) is 16.5 Å². The van der Waals surface area contributed by atoms with Gasteiger partial charge in [-0.25, -0.2) is 9.37 Å². The summed E-state index contributed by atoms with van der Waals surface area (Å²) in [5, 5.41) is 7.53. The fraction of sp³-hybridized carbons (Fsp3) is 0.316. The Morgan fingerprint density at radius 2 is 1.96 bits per heavy atom. The summed E-state index contributed by atoms with van der Waals surface area (Å²) in [4.78, 5) is 19.1. The molecule has 1 saturated heterocycles. The van der Waals surface area contributed by atoms with E-state index in [0.29, 0.717) is 24.7 Å². The molecule has 26 heavy (non-hydrogen) atoms. The quantitative estimate of drug-likeness (QED) is 0.706. The number of halogens is 1. The summed E-state index contributed by atoms with van der Waals surface area (Å²) in [6.45, 7) is 1.43. The summed E-state index contributed by atoms with van der Waals surface area (Å²) in [7, 11) is 1.80. The molecule has 0 aliphatic carbocycles. The van der Waals surface area contributed by atoms with Crippen molar-refractivity contribution < 1.29 is 9.18 Å². The molecule has 1 aliphatic heterocycles. The van der Waals surface area contributed by atoms with Gasteiger partial charge in [0.15, 0.2) is 5.69 Å². The van der Waals surface area contributed by atoms with Crippen LogP contribution in [0.15, 0.2) is 41.9 Å². The third-order valence-corrected chi connectivity index (χ3v) is 5.76. The largest absolute Gasteiger partial charge is 0.337 e. The summed E-state index contributed by atoms with van der Waals surface area (Å²) >= 11 is 1.68. The average Bonchev–Trinajstić information content (AvgIpc) is 3.32. The van der Waals surface area contributed by atoms with Crippen molar-refractivity contribution in [3.05, 3.63) is 58.4 Å². The number of aryl methyl sites for hydroxylation is 1.